The van der Waals surface area contributed by atoms with E-state index in [9.17, 15) is 4.79 Å². The molecule has 0 spiro atoms. The average Bonchev–Trinajstić information content (AvgIpc) is 2.01. The van der Waals surface area contributed by atoms with Crippen molar-refractivity contribution >= 4 is 5.91 Å². The summed E-state index contributed by atoms with van der Waals surface area (Å²) < 4.78 is 0. The molecule has 2 heteroatoms. The zero-order valence-electron chi connectivity index (χ0n) is 8.11. The topological polar surface area (TPSA) is 29.1 Å². The summed E-state index contributed by atoms with van der Waals surface area (Å²) in [5, 5.41) is 2.99. The fourth-order valence-electron chi connectivity index (χ4n) is 2.76. The number of hydrogen-bond acceptors (Lipinski definition) is 1. The van der Waals surface area contributed by atoms with Gasteiger partial charge in [0.05, 0.1) is 0 Å². The molecule has 2 unspecified atom stereocenters. The van der Waals surface area contributed by atoms with Crippen molar-refractivity contribution in [2.45, 2.75) is 33.6 Å². The molecule has 1 heterocycles. The van der Waals surface area contributed by atoms with E-state index in [1.54, 1.807) is 0 Å². The van der Waals surface area contributed by atoms with Gasteiger partial charge < -0.3 is 5.32 Å². The van der Waals surface area contributed by atoms with Crippen LogP contribution >= 0.6 is 0 Å². The van der Waals surface area contributed by atoms with Gasteiger partial charge in [0.25, 0.3) is 0 Å². The van der Waals surface area contributed by atoms with Crippen LogP contribution in [0.4, 0.5) is 0 Å². The maximum Gasteiger partial charge on any atom is 0.223 e. The van der Waals surface area contributed by atoms with Crippen LogP contribution in [-0.2, 0) is 4.79 Å². The number of rotatable bonds is 0. The summed E-state index contributed by atoms with van der Waals surface area (Å²) in [5.41, 5.74) is 0.555. The third-order valence-corrected chi connectivity index (χ3v) is 3.93. The predicted molar refractivity (Wildman–Crippen MR) is 47.6 cm³/mol. The first kappa shape index (κ1) is 8.09. The quantitative estimate of drug-likeness (QED) is 0.583. The molecule has 1 aliphatic heterocycles. The molecule has 0 aromatic rings. The minimum absolute atomic E-state index is 0.273. The normalized spacial score (nSPS) is 40.2. The molecule has 1 N–H and O–H groups in total. The summed E-state index contributed by atoms with van der Waals surface area (Å²) in [6, 6.07) is 0. The van der Waals surface area contributed by atoms with Gasteiger partial charge in [-0.15, -0.1) is 0 Å². The van der Waals surface area contributed by atoms with Gasteiger partial charge in [-0.25, -0.2) is 0 Å². The van der Waals surface area contributed by atoms with E-state index in [2.05, 4.69) is 26.1 Å². The van der Waals surface area contributed by atoms with Crippen LogP contribution < -0.4 is 5.32 Å². The first-order valence-electron chi connectivity index (χ1n) is 4.75. The monoisotopic (exact) mass is 167 g/mol. The largest absolute Gasteiger partial charge is 0.355 e. The van der Waals surface area contributed by atoms with Crippen molar-refractivity contribution in [2.75, 3.05) is 6.54 Å². The standard InChI is InChI=1S/C10H17NO/c1-9(2,3)10-5-4-7(10)8(12)11-6-10/h7H,4-6H2,1-3H3,(H,11,12). The van der Waals surface area contributed by atoms with Gasteiger partial charge in [0.1, 0.15) is 0 Å². The smallest absolute Gasteiger partial charge is 0.223 e. The van der Waals surface area contributed by atoms with Crippen LogP contribution in [0.5, 0.6) is 0 Å². The predicted octanol–water partition coefficient (Wildman–Crippen LogP) is 1.56. The number of amides is 1. The molecule has 1 saturated carbocycles. The van der Waals surface area contributed by atoms with Crippen molar-refractivity contribution < 1.29 is 4.79 Å². The lowest BCUT2D eigenvalue weighted by Gasteiger charge is -2.52. The summed E-state index contributed by atoms with van der Waals surface area (Å²) in [4.78, 5) is 11.4. The SMILES string of the molecule is CC(C)(C)C12CCC1C(=O)NC2. The Kier molecular flexibility index (Phi) is 1.37. The van der Waals surface area contributed by atoms with Crippen LogP contribution in [0.1, 0.15) is 33.6 Å². The van der Waals surface area contributed by atoms with E-state index in [0.717, 1.165) is 13.0 Å². The van der Waals surface area contributed by atoms with Crippen molar-refractivity contribution in [3.8, 4) is 0 Å². The van der Waals surface area contributed by atoms with Gasteiger partial charge in [-0.3, -0.25) is 4.79 Å². The Morgan fingerprint density at radius 1 is 1.50 bits per heavy atom. The van der Waals surface area contributed by atoms with E-state index in [-0.39, 0.29) is 16.7 Å². The molecule has 68 valence electrons. The molecule has 0 aromatic carbocycles. The van der Waals surface area contributed by atoms with Gasteiger partial charge in [-0.2, -0.15) is 0 Å². The summed E-state index contributed by atoms with van der Waals surface area (Å²) in [5.74, 6) is 0.605. The summed E-state index contributed by atoms with van der Waals surface area (Å²) in [6.07, 6.45) is 2.32. The highest BCUT2D eigenvalue weighted by Gasteiger charge is 2.60. The molecule has 1 aliphatic carbocycles. The van der Waals surface area contributed by atoms with Gasteiger partial charge in [0, 0.05) is 17.9 Å². The zero-order valence-corrected chi connectivity index (χ0v) is 8.11. The Morgan fingerprint density at radius 2 is 2.17 bits per heavy atom. The maximum atomic E-state index is 11.4. The van der Waals surface area contributed by atoms with Gasteiger partial charge in [0.2, 0.25) is 5.91 Å². The second-order valence-electron chi connectivity index (χ2n) is 5.22. The molecule has 1 saturated heterocycles. The van der Waals surface area contributed by atoms with Crippen LogP contribution in [0, 0.1) is 16.7 Å². The van der Waals surface area contributed by atoms with Crippen molar-refractivity contribution in [1.29, 1.82) is 0 Å². The minimum Gasteiger partial charge on any atom is -0.355 e. The lowest BCUT2D eigenvalue weighted by molar-refractivity contribution is -0.132. The molecular formula is C10H17NO. The number of fused-ring (bicyclic) bond motifs is 1. The van der Waals surface area contributed by atoms with E-state index in [4.69, 9.17) is 0 Å². The fraction of sp³-hybridized carbons (Fsp3) is 0.900. The molecule has 0 bridgehead atoms. The second-order valence-corrected chi connectivity index (χ2v) is 5.22. The number of carbonyl (C=O) groups is 1. The van der Waals surface area contributed by atoms with Gasteiger partial charge in [-0.05, 0) is 18.3 Å². The molecule has 2 atom stereocenters. The summed E-state index contributed by atoms with van der Waals surface area (Å²) in [6.45, 7) is 7.65. The van der Waals surface area contributed by atoms with E-state index in [0.29, 0.717) is 5.92 Å². The molecular weight excluding hydrogens is 150 g/mol. The third kappa shape index (κ3) is 0.732. The molecule has 1 amide bonds. The van der Waals surface area contributed by atoms with E-state index >= 15 is 0 Å². The fourth-order valence-corrected chi connectivity index (χ4v) is 2.76. The average molecular weight is 167 g/mol. The highest BCUT2D eigenvalue weighted by Crippen LogP contribution is 2.59. The number of nitrogens with one attached hydrogen (secondary N) is 1. The van der Waals surface area contributed by atoms with Gasteiger partial charge >= 0.3 is 0 Å². The molecule has 0 radical (unpaired) electrons. The Labute approximate surface area is 73.7 Å². The second kappa shape index (κ2) is 2.04. The lowest BCUT2D eigenvalue weighted by Crippen LogP contribution is -2.49. The number of carbonyl (C=O) groups excluding carboxylic acids is 1. The molecule has 12 heavy (non-hydrogen) atoms. The van der Waals surface area contributed by atoms with Crippen LogP contribution in [0.15, 0.2) is 0 Å². The maximum absolute atomic E-state index is 11.4. The highest BCUT2D eigenvalue weighted by atomic mass is 16.2. The van der Waals surface area contributed by atoms with Gasteiger partial charge in [-0.1, -0.05) is 20.8 Å². The molecule has 0 aromatic heterocycles. The molecule has 2 aliphatic rings. The van der Waals surface area contributed by atoms with Crippen molar-refractivity contribution in [2.24, 2.45) is 16.7 Å². The zero-order chi connectivity index (χ0) is 8.98. The van der Waals surface area contributed by atoms with Gasteiger partial charge in [0.15, 0.2) is 0 Å². The van der Waals surface area contributed by atoms with E-state index < -0.39 is 0 Å². The van der Waals surface area contributed by atoms with E-state index in [1.807, 2.05) is 0 Å². The lowest BCUT2D eigenvalue weighted by atomic mass is 9.50. The van der Waals surface area contributed by atoms with Crippen molar-refractivity contribution in [3.63, 3.8) is 0 Å². The third-order valence-electron chi connectivity index (χ3n) is 3.93. The van der Waals surface area contributed by atoms with Crippen LogP contribution in [-0.4, -0.2) is 12.5 Å². The molecule has 2 rings (SSSR count). The molecule has 2 nitrogen and oxygen atoms in total. The van der Waals surface area contributed by atoms with Crippen LogP contribution in [0.2, 0.25) is 0 Å². The first-order chi connectivity index (χ1) is 5.47. The molecule has 2 fully saturated rings. The van der Waals surface area contributed by atoms with Crippen molar-refractivity contribution in [3.05, 3.63) is 0 Å². The Balaban J connectivity index is 2.29. The highest BCUT2D eigenvalue weighted by molar-refractivity contribution is 5.83. The Morgan fingerprint density at radius 3 is 2.42 bits per heavy atom. The number of hydrogen-bond donors (Lipinski definition) is 1. The first-order valence-corrected chi connectivity index (χ1v) is 4.75. The Bertz CT molecular complexity index is 228. The van der Waals surface area contributed by atoms with Crippen LogP contribution in [0.25, 0.3) is 0 Å². The Hall–Kier alpha value is -0.530. The van der Waals surface area contributed by atoms with E-state index in [1.165, 1.54) is 6.42 Å². The van der Waals surface area contributed by atoms with Crippen LogP contribution in [0.3, 0.4) is 0 Å². The summed E-state index contributed by atoms with van der Waals surface area (Å²) >= 11 is 0. The van der Waals surface area contributed by atoms with Crippen molar-refractivity contribution in [1.82, 2.24) is 5.32 Å². The minimum atomic E-state index is 0.273. The summed E-state index contributed by atoms with van der Waals surface area (Å²) in [7, 11) is 0.